The minimum Gasteiger partial charge on any atom is -0.507 e. The Morgan fingerprint density at radius 3 is 2.61 bits per heavy atom. The van der Waals surface area contributed by atoms with Crippen LogP contribution in [0.15, 0.2) is 49.1 Å². The molecule has 2 aliphatic rings. The summed E-state index contributed by atoms with van der Waals surface area (Å²) in [6.45, 7) is 6.42. The number of phenols is 1. The number of imidazole rings is 1. The fourth-order valence-electron chi connectivity index (χ4n) is 5.97. The van der Waals surface area contributed by atoms with E-state index in [0.29, 0.717) is 29.5 Å². The van der Waals surface area contributed by atoms with Gasteiger partial charge in [-0.05, 0) is 57.9 Å². The van der Waals surface area contributed by atoms with E-state index < -0.39 is 17.8 Å². The van der Waals surface area contributed by atoms with E-state index in [2.05, 4.69) is 33.9 Å². The number of nitrogens with zero attached hydrogens (tertiary/aromatic N) is 5. The molecule has 5 atom stereocenters. The molecule has 2 fully saturated rings. The number of phenolic OH excluding ortho intramolecular Hbond substituents is 1. The lowest BCUT2D eigenvalue weighted by molar-refractivity contribution is -0.164. The maximum atomic E-state index is 15.7. The average Bonchev–Trinajstić information content (AvgIpc) is 3.31. The van der Waals surface area contributed by atoms with Gasteiger partial charge in [-0.15, -0.1) is 10.2 Å². The molecular weight excluding hydrogens is 421 g/mol. The van der Waals surface area contributed by atoms with Crippen LogP contribution in [0.3, 0.4) is 0 Å². The van der Waals surface area contributed by atoms with Gasteiger partial charge in [0.05, 0.1) is 23.2 Å². The molecule has 0 spiro atoms. The molecule has 0 radical (unpaired) electrons. The Morgan fingerprint density at radius 1 is 1.12 bits per heavy atom. The number of aromatic nitrogens is 4. The molecule has 0 saturated carbocycles. The van der Waals surface area contributed by atoms with Gasteiger partial charge in [-0.1, -0.05) is 6.92 Å². The van der Waals surface area contributed by atoms with Crippen molar-refractivity contribution < 1.29 is 14.2 Å². The maximum absolute atomic E-state index is 15.7. The summed E-state index contributed by atoms with van der Waals surface area (Å²) in [6.07, 6.45) is 5.87. The molecule has 1 unspecified atom stereocenters. The zero-order valence-corrected chi connectivity index (χ0v) is 19.4. The molecule has 33 heavy (non-hydrogen) atoms. The van der Waals surface area contributed by atoms with Gasteiger partial charge in [0, 0.05) is 42.0 Å². The summed E-state index contributed by atoms with van der Waals surface area (Å²) >= 11 is 0. The zero-order valence-electron chi connectivity index (χ0n) is 19.4. The predicted octanol–water partition coefficient (Wildman–Crippen LogP) is 4.40. The molecule has 174 valence electrons. The van der Waals surface area contributed by atoms with Crippen LogP contribution in [0.25, 0.3) is 16.9 Å². The number of piperidine rings is 2. The van der Waals surface area contributed by atoms with Crippen LogP contribution in [0.4, 0.5) is 4.39 Å². The van der Waals surface area contributed by atoms with Gasteiger partial charge in [-0.25, -0.2) is 9.37 Å². The normalized spacial score (nSPS) is 32.0. The minimum atomic E-state index is -1.13. The van der Waals surface area contributed by atoms with Crippen molar-refractivity contribution in [3.8, 4) is 28.6 Å². The SMILES string of the molecule is CC1C[C@@]2(C)C[C@H](Oc3ccc(-c4ccc(-n5ccnc5)cc4O)nn3)[C@@H](F)[C@@](C)(C1)N2C. The number of ether oxygens (including phenoxy) is 1. The smallest absolute Gasteiger partial charge is 0.233 e. The highest BCUT2D eigenvalue weighted by atomic mass is 19.1. The Morgan fingerprint density at radius 2 is 1.94 bits per heavy atom. The third-order valence-corrected chi connectivity index (χ3v) is 7.66. The van der Waals surface area contributed by atoms with Gasteiger partial charge in [0.2, 0.25) is 5.88 Å². The van der Waals surface area contributed by atoms with E-state index in [4.69, 9.17) is 4.74 Å². The summed E-state index contributed by atoms with van der Waals surface area (Å²) < 4.78 is 23.5. The van der Waals surface area contributed by atoms with Crippen LogP contribution in [-0.4, -0.2) is 60.2 Å². The summed E-state index contributed by atoms with van der Waals surface area (Å²) in [4.78, 5) is 6.24. The first kappa shape index (κ1) is 21.8. The molecule has 2 bridgehead atoms. The molecule has 2 aliphatic heterocycles. The monoisotopic (exact) mass is 451 g/mol. The highest BCUT2D eigenvalue weighted by Crippen LogP contribution is 2.50. The van der Waals surface area contributed by atoms with E-state index in [0.717, 1.165) is 18.5 Å². The number of fused-ring (bicyclic) bond motifs is 2. The maximum Gasteiger partial charge on any atom is 0.233 e. The number of rotatable bonds is 4. The number of benzene rings is 1. The van der Waals surface area contributed by atoms with Crippen LogP contribution in [0.5, 0.6) is 11.6 Å². The Hall–Kier alpha value is -3.00. The molecule has 4 heterocycles. The lowest BCUT2D eigenvalue weighted by atomic mass is 9.64. The molecular formula is C25H30FN5O2. The summed E-state index contributed by atoms with van der Waals surface area (Å²) in [5, 5.41) is 18.9. The largest absolute Gasteiger partial charge is 0.507 e. The van der Waals surface area contributed by atoms with Gasteiger partial charge >= 0.3 is 0 Å². The second-order valence-corrected chi connectivity index (χ2v) is 10.1. The lowest BCUT2D eigenvalue weighted by Crippen LogP contribution is -2.72. The number of halogens is 1. The average molecular weight is 452 g/mol. The highest BCUT2D eigenvalue weighted by Gasteiger charge is 2.59. The number of aromatic hydroxyl groups is 1. The standard InChI is InChI=1S/C25H30FN5O2/c1-16-12-24(2)14-21(23(26)25(3,13-16)30(24)4)33-22-8-7-19(28-29-22)18-6-5-17(11-20(18)32)31-10-9-27-15-31/h5-11,15-16,21,23,32H,12-14H2,1-4H3/t16?,21-,23+,24-,25+/m0/s1. The van der Waals surface area contributed by atoms with Crippen molar-refractivity contribution >= 4 is 0 Å². The molecule has 0 amide bonds. The molecule has 1 N–H and O–H groups in total. The van der Waals surface area contributed by atoms with E-state index in [1.807, 2.05) is 20.0 Å². The van der Waals surface area contributed by atoms with Crippen molar-refractivity contribution in [3.05, 3.63) is 49.1 Å². The van der Waals surface area contributed by atoms with Gasteiger partial charge in [-0.3, -0.25) is 4.90 Å². The van der Waals surface area contributed by atoms with Gasteiger partial charge in [0.25, 0.3) is 0 Å². The topological polar surface area (TPSA) is 76.3 Å². The molecule has 3 aromatic rings. The van der Waals surface area contributed by atoms with E-state index in [1.165, 1.54) is 0 Å². The van der Waals surface area contributed by atoms with Crippen molar-refractivity contribution in [1.29, 1.82) is 0 Å². The molecule has 1 aromatic carbocycles. The molecule has 8 heteroatoms. The fraction of sp³-hybridized carbons (Fsp3) is 0.480. The van der Waals surface area contributed by atoms with Crippen molar-refractivity contribution in [2.75, 3.05) is 7.05 Å². The summed E-state index contributed by atoms with van der Waals surface area (Å²) in [6, 6.07) is 8.74. The van der Waals surface area contributed by atoms with Gasteiger partial charge in [0.15, 0.2) is 6.17 Å². The Bertz CT molecular complexity index is 1140. The van der Waals surface area contributed by atoms with Gasteiger partial charge in [0.1, 0.15) is 11.9 Å². The van der Waals surface area contributed by atoms with Crippen LogP contribution in [0.2, 0.25) is 0 Å². The summed E-state index contributed by atoms with van der Waals surface area (Å²) in [7, 11) is 2.04. The van der Waals surface area contributed by atoms with Crippen LogP contribution < -0.4 is 4.74 Å². The quantitative estimate of drug-likeness (QED) is 0.634. The van der Waals surface area contributed by atoms with Gasteiger partial charge in [-0.2, -0.15) is 0 Å². The first-order valence-corrected chi connectivity index (χ1v) is 11.4. The molecule has 7 nitrogen and oxygen atoms in total. The van der Waals surface area contributed by atoms with Crippen LogP contribution in [0, 0.1) is 5.92 Å². The van der Waals surface area contributed by atoms with Crippen LogP contribution in [-0.2, 0) is 0 Å². The first-order chi connectivity index (χ1) is 15.7. The molecule has 2 saturated heterocycles. The Labute approximate surface area is 193 Å². The number of hydrogen-bond acceptors (Lipinski definition) is 6. The van der Waals surface area contributed by atoms with Crippen molar-refractivity contribution in [2.24, 2.45) is 5.92 Å². The van der Waals surface area contributed by atoms with E-state index >= 15 is 4.39 Å². The third-order valence-electron chi connectivity index (χ3n) is 7.66. The van der Waals surface area contributed by atoms with E-state index in [9.17, 15) is 5.11 Å². The van der Waals surface area contributed by atoms with E-state index in [1.54, 1.807) is 47.6 Å². The molecule has 5 rings (SSSR count). The van der Waals surface area contributed by atoms with E-state index in [-0.39, 0.29) is 11.3 Å². The molecule has 2 aromatic heterocycles. The summed E-state index contributed by atoms with van der Waals surface area (Å²) in [5.41, 5.74) is 1.19. The third kappa shape index (κ3) is 3.66. The Balaban J connectivity index is 1.35. The number of hydrogen-bond donors (Lipinski definition) is 1. The van der Waals surface area contributed by atoms with Crippen molar-refractivity contribution in [1.82, 2.24) is 24.6 Å². The zero-order chi connectivity index (χ0) is 23.4. The number of alkyl halides is 1. The summed E-state index contributed by atoms with van der Waals surface area (Å²) in [5.74, 6) is 0.859. The van der Waals surface area contributed by atoms with Crippen molar-refractivity contribution in [2.45, 2.75) is 63.4 Å². The minimum absolute atomic E-state index is 0.0890. The van der Waals surface area contributed by atoms with Crippen LogP contribution in [0.1, 0.15) is 40.0 Å². The second-order valence-electron chi connectivity index (χ2n) is 10.1. The fourth-order valence-corrected chi connectivity index (χ4v) is 5.97. The second kappa shape index (κ2) is 7.80. The van der Waals surface area contributed by atoms with Gasteiger partial charge < -0.3 is 14.4 Å². The molecule has 0 aliphatic carbocycles. The Kier molecular flexibility index (Phi) is 5.16. The lowest BCUT2D eigenvalue weighted by Gasteiger charge is -2.62. The van der Waals surface area contributed by atoms with Crippen LogP contribution >= 0.6 is 0 Å². The van der Waals surface area contributed by atoms with Crippen molar-refractivity contribution in [3.63, 3.8) is 0 Å². The first-order valence-electron chi connectivity index (χ1n) is 11.4. The highest BCUT2D eigenvalue weighted by molar-refractivity contribution is 5.68. The predicted molar refractivity (Wildman–Crippen MR) is 123 cm³/mol.